The van der Waals surface area contributed by atoms with Gasteiger partial charge in [-0.2, -0.15) is 0 Å². The van der Waals surface area contributed by atoms with Gasteiger partial charge in [-0.3, -0.25) is 0 Å². The lowest BCUT2D eigenvalue weighted by atomic mass is 10.2. The van der Waals surface area contributed by atoms with E-state index in [-0.39, 0.29) is 0 Å². The van der Waals surface area contributed by atoms with Crippen LogP contribution in [0.4, 0.5) is 0 Å². The predicted molar refractivity (Wildman–Crippen MR) is 80.0 cm³/mol. The van der Waals surface area contributed by atoms with Crippen LogP contribution in [-0.4, -0.2) is 8.07 Å². The van der Waals surface area contributed by atoms with Crippen LogP contribution in [0.25, 0.3) is 0 Å². The molecule has 0 aromatic heterocycles. The molecule has 0 heterocycles. The zero-order chi connectivity index (χ0) is 15.3. The summed E-state index contributed by atoms with van der Waals surface area (Å²) < 4.78 is 29.9. The van der Waals surface area contributed by atoms with Gasteiger partial charge in [-0.05, 0) is 5.54 Å². The second kappa shape index (κ2) is 9.27. The molecule has 0 saturated carbocycles. The maximum absolute atomic E-state index is 7.49. The Labute approximate surface area is 111 Å². The molecule has 0 bridgehead atoms. The molecule has 0 aromatic rings. The van der Waals surface area contributed by atoms with Crippen LogP contribution in [0.5, 0.6) is 0 Å². The summed E-state index contributed by atoms with van der Waals surface area (Å²) in [4.78, 5) is 0. The molecule has 0 saturated heterocycles. The first-order valence-corrected chi connectivity index (χ1v) is 9.57. The molecule has 98 valence electrons. The standard InChI is InChI=1S/C15H34Si/c1-6-11-15(10-5)16(12-7-2,13-8-3)14-9-4/h15H,6-14H2,1-5H3/i1T,2T,3T,4T. The van der Waals surface area contributed by atoms with Crippen LogP contribution in [0.1, 0.15) is 78.5 Å². The SMILES string of the molecule is [3H]CCCC(CC)[Si](CCC[3H])(CCC[3H])CCC[3H]. The highest BCUT2D eigenvalue weighted by atomic mass is 28.3. The van der Waals surface area contributed by atoms with Crippen molar-refractivity contribution in [3.05, 3.63) is 0 Å². The molecule has 0 fully saturated rings. The lowest BCUT2D eigenvalue weighted by molar-refractivity contribution is 0.652. The summed E-state index contributed by atoms with van der Waals surface area (Å²) in [6, 6.07) is 3.65. The van der Waals surface area contributed by atoms with Crippen LogP contribution in [0.2, 0.25) is 23.7 Å². The van der Waals surface area contributed by atoms with Crippen molar-refractivity contribution in [2.75, 3.05) is 0 Å². The zero-order valence-electron chi connectivity index (χ0n) is 15.3. The van der Waals surface area contributed by atoms with Gasteiger partial charge in [0, 0.05) is 5.48 Å². The van der Waals surface area contributed by atoms with Gasteiger partial charge in [0.05, 0.1) is 8.07 Å². The second-order valence-corrected chi connectivity index (χ2v) is 9.96. The molecule has 0 N–H and O–H groups in total. The number of hydrogen-bond acceptors (Lipinski definition) is 0. The minimum atomic E-state index is -1.47. The minimum absolute atomic E-state index is 0.519. The molecule has 0 radical (unpaired) electrons. The summed E-state index contributed by atoms with van der Waals surface area (Å²) in [5, 5.41) is 0. The molecule has 0 spiro atoms. The highest BCUT2D eigenvalue weighted by Gasteiger charge is 2.36. The third-order valence-corrected chi connectivity index (χ3v) is 10.4. The smallest absolute Gasteiger partial charge is 0.0566 e. The van der Waals surface area contributed by atoms with Gasteiger partial charge in [-0.15, -0.1) is 0 Å². The van der Waals surface area contributed by atoms with Crippen LogP contribution >= 0.6 is 0 Å². The van der Waals surface area contributed by atoms with Crippen molar-refractivity contribution in [3.63, 3.8) is 0 Å². The van der Waals surface area contributed by atoms with Gasteiger partial charge in [0.15, 0.2) is 0 Å². The normalized spacial score (nSPS) is 17.3. The molecule has 0 aliphatic rings. The van der Waals surface area contributed by atoms with E-state index < -0.39 is 8.07 Å². The molecule has 0 aliphatic carbocycles. The van der Waals surface area contributed by atoms with E-state index in [2.05, 4.69) is 6.92 Å². The van der Waals surface area contributed by atoms with Crippen molar-refractivity contribution >= 4 is 8.07 Å². The summed E-state index contributed by atoms with van der Waals surface area (Å²) in [5.74, 6) is 0. The van der Waals surface area contributed by atoms with E-state index in [0.29, 0.717) is 27.6 Å². The van der Waals surface area contributed by atoms with E-state index >= 15 is 0 Å². The Morgan fingerprint density at radius 3 is 1.75 bits per heavy atom. The van der Waals surface area contributed by atoms with E-state index in [1.807, 2.05) is 0 Å². The van der Waals surface area contributed by atoms with Gasteiger partial charge in [-0.25, -0.2) is 0 Å². The highest BCUT2D eigenvalue weighted by Crippen LogP contribution is 2.41. The molecule has 1 atom stereocenters. The fourth-order valence-electron chi connectivity index (χ4n) is 3.23. The molecule has 0 aromatic carbocycles. The molecule has 0 aliphatic heterocycles. The van der Waals surface area contributed by atoms with Gasteiger partial charge in [-0.1, -0.05) is 91.2 Å². The van der Waals surface area contributed by atoms with Crippen LogP contribution in [0, 0.1) is 0 Å². The summed E-state index contributed by atoms with van der Waals surface area (Å²) in [5.41, 5.74) is 0.748. The Hall–Kier alpha value is 0.217. The van der Waals surface area contributed by atoms with Crippen LogP contribution in [-0.2, 0) is 0 Å². The molecule has 0 nitrogen and oxygen atoms in total. The third-order valence-electron chi connectivity index (χ3n) is 3.94. The Morgan fingerprint density at radius 1 is 0.875 bits per heavy atom. The van der Waals surface area contributed by atoms with Gasteiger partial charge in [0.2, 0.25) is 0 Å². The fraction of sp³-hybridized carbons (Fsp3) is 1.00. The third kappa shape index (κ3) is 4.61. The monoisotopic (exact) mass is 250 g/mol. The van der Waals surface area contributed by atoms with Crippen molar-refractivity contribution in [1.29, 1.82) is 0 Å². The second-order valence-electron chi connectivity index (χ2n) is 4.92. The fourth-order valence-corrected chi connectivity index (χ4v) is 9.00. The number of hydrogen-bond donors (Lipinski definition) is 0. The van der Waals surface area contributed by atoms with E-state index in [9.17, 15) is 0 Å². The lowest BCUT2D eigenvalue weighted by Gasteiger charge is -2.39. The number of rotatable bonds is 10. The average Bonchev–Trinajstić information content (AvgIpc) is 2.48. The van der Waals surface area contributed by atoms with Crippen molar-refractivity contribution in [1.82, 2.24) is 0 Å². The van der Waals surface area contributed by atoms with Gasteiger partial charge in [0.25, 0.3) is 0 Å². The molecule has 1 heteroatoms. The molecule has 16 heavy (non-hydrogen) atoms. The first kappa shape index (κ1) is 10.2. The first-order valence-electron chi connectivity index (χ1n) is 9.70. The molecule has 0 amide bonds. The van der Waals surface area contributed by atoms with E-state index in [0.717, 1.165) is 31.2 Å². The van der Waals surface area contributed by atoms with E-state index in [1.165, 1.54) is 31.0 Å². The van der Waals surface area contributed by atoms with E-state index in [4.69, 9.17) is 5.48 Å². The Kier molecular flexibility index (Phi) is 5.89. The van der Waals surface area contributed by atoms with Gasteiger partial charge >= 0.3 is 0 Å². The molecular weight excluding hydrogens is 208 g/mol. The molecule has 0 rings (SSSR count). The van der Waals surface area contributed by atoms with Crippen LogP contribution in [0.15, 0.2) is 0 Å². The topological polar surface area (TPSA) is 0 Å². The van der Waals surface area contributed by atoms with Crippen molar-refractivity contribution in [2.45, 2.75) is 96.7 Å². The predicted octanol–water partition coefficient (Wildman–Crippen LogP) is 6.25. The maximum atomic E-state index is 7.49. The Balaban J connectivity index is 4.95. The average molecular weight is 251 g/mol. The Morgan fingerprint density at radius 2 is 1.38 bits per heavy atom. The highest BCUT2D eigenvalue weighted by molar-refractivity contribution is 6.81. The first-order chi connectivity index (χ1) is 9.70. The van der Waals surface area contributed by atoms with Crippen LogP contribution < -0.4 is 0 Å². The van der Waals surface area contributed by atoms with Gasteiger partial charge < -0.3 is 0 Å². The van der Waals surface area contributed by atoms with Crippen LogP contribution in [0.3, 0.4) is 0 Å². The lowest BCUT2D eigenvalue weighted by Crippen LogP contribution is -2.39. The summed E-state index contributed by atoms with van der Waals surface area (Å²) in [7, 11) is -1.47. The molecular formula is C15H34Si. The van der Waals surface area contributed by atoms with Crippen molar-refractivity contribution < 1.29 is 5.48 Å². The molecule has 1 unspecified atom stereocenters. The minimum Gasteiger partial charge on any atom is -0.0657 e. The summed E-state index contributed by atoms with van der Waals surface area (Å²) in [6.07, 6.45) is 6.36. The Bertz CT molecular complexity index is 192. The summed E-state index contributed by atoms with van der Waals surface area (Å²) in [6.45, 7) is 4.36. The quantitative estimate of drug-likeness (QED) is 0.402. The zero-order valence-corrected chi connectivity index (χ0v) is 12.3. The largest absolute Gasteiger partial charge is 0.0657 e. The van der Waals surface area contributed by atoms with Crippen molar-refractivity contribution in [3.8, 4) is 0 Å². The van der Waals surface area contributed by atoms with Crippen molar-refractivity contribution in [2.24, 2.45) is 0 Å². The van der Waals surface area contributed by atoms with E-state index in [1.54, 1.807) is 0 Å². The maximum Gasteiger partial charge on any atom is 0.0566 e. The summed E-state index contributed by atoms with van der Waals surface area (Å²) >= 11 is 0. The van der Waals surface area contributed by atoms with Gasteiger partial charge in [0.1, 0.15) is 0 Å².